The van der Waals surface area contributed by atoms with Gasteiger partial charge < -0.3 is 15.5 Å². The lowest BCUT2D eigenvalue weighted by Gasteiger charge is -2.36. The summed E-state index contributed by atoms with van der Waals surface area (Å²) in [7, 11) is 0. The van der Waals surface area contributed by atoms with Crippen LogP contribution >= 0.6 is 24.0 Å². The molecule has 0 atom stereocenters. The van der Waals surface area contributed by atoms with Gasteiger partial charge in [-0.1, -0.05) is 12.1 Å². The fourth-order valence-electron chi connectivity index (χ4n) is 3.00. The predicted molar refractivity (Wildman–Crippen MR) is 119 cm³/mol. The van der Waals surface area contributed by atoms with Crippen molar-refractivity contribution >= 4 is 35.6 Å². The lowest BCUT2D eigenvalue weighted by molar-refractivity contribution is 0.256. The fourth-order valence-corrected chi connectivity index (χ4v) is 3.00. The van der Waals surface area contributed by atoms with Crippen molar-refractivity contribution in [2.24, 2.45) is 4.99 Å². The van der Waals surface area contributed by atoms with E-state index in [2.05, 4.69) is 46.2 Å². The summed E-state index contributed by atoms with van der Waals surface area (Å²) in [4.78, 5) is 9.20. The molecule has 0 aromatic heterocycles. The van der Waals surface area contributed by atoms with Gasteiger partial charge in [0, 0.05) is 51.9 Å². The number of benzene rings is 1. The van der Waals surface area contributed by atoms with Gasteiger partial charge in [-0.25, -0.2) is 4.39 Å². The number of aliphatic imine (C=N–C) groups is 1. The molecule has 0 amide bonds. The molecule has 1 aliphatic rings. The zero-order chi connectivity index (χ0) is 18.1. The Bertz CT molecular complexity index is 544. The largest absolute Gasteiger partial charge is 0.367 e. The van der Waals surface area contributed by atoms with Crippen LogP contribution in [0.25, 0.3) is 0 Å². The third-order valence-electron chi connectivity index (χ3n) is 4.24. The summed E-state index contributed by atoms with van der Waals surface area (Å²) in [6, 6.07) is 7.42. The van der Waals surface area contributed by atoms with Crippen LogP contribution in [0.2, 0.25) is 0 Å². The molecule has 5 nitrogen and oxygen atoms in total. The van der Waals surface area contributed by atoms with Gasteiger partial charge in [-0.05, 0) is 39.3 Å². The number of nitrogens with zero attached hydrogens (tertiary/aromatic N) is 3. The third kappa shape index (κ3) is 7.65. The molecule has 26 heavy (non-hydrogen) atoms. The van der Waals surface area contributed by atoms with Gasteiger partial charge in [-0.15, -0.1) is 24.0 Å². The Kier molecular flexibility index (Phi) is 10.9. The fraction of sp³-hybridized carbons (Fsp3) is 0.632. The first kappa shape index (κ1) is 23.0. The SMILES string of the molecule is CCNC(=NCCCN1CCN(c2ccccc2F)CC1)NC(C)C.I. The first-order chi connectivity index (χ1) is 12.1. The van der Waals surface area contributed by atoms with E-state index in [-0.39, 0.29) is 29.8 Å². The first-order valence-corrected chi connectivity index (χ1v) is 9.36. The van der Waals surface area contributed by atoms with Gasteiger partial charge in [0.1, 0.15) is 5.82 Å². The maximum Gasteiger partial charge on any atom is 0.191 e. The summed E-state index contributed by atoms with van der Waals surface area (Å²) >= 11 is 0. The van der Waals surface area contributed by atoms with Gasteiger partial charge in [-0.3, -0.25) is 9.89 Å². The topological polar surface area (TPSA) is 42.9 Å². The molecule has 1 aromatic carbocycles. The normalized spacial score (nSPS) is 15.7. The Morgan fingerprint density at radius 1 is 1.19 bits per heavy atom. The number of anilines is 1. The number of hydrogen-bond acceptors (Lipinski definition) is 3. The highest BCUT2D eigenvalue weighted by molar-refractivity contribution is 14.0. The van der Waals surface area contributed by atoms with Crippen molar-refractivity contribution in [1.82, 2.24) is 15.5 Å². The average Bonchev–Trinajstić information content (AvgIpc) is 2.59. The maximum absolute atomic E-state index is 13.9. The number of piperazine rings is 1. The number of halogens is 2. The molecule has 0 bridgehead atoms. The van der Waals surface area contributed by atoms with E-state index >= 15 is 0 Å². The van der Waals surface area contributed by atoms with Crippen molar-refractivity contribution in [3.8, 4) is 0 Å². The van der Waals surface area contributed by atoms with Crippen LogP contribution in [0.15, 0.2) is 29.3 Å². The van der Waals surface area contributed by atoms with Crippen molar-refractivity contribution in [3.63, 3.8) is 0 Å². The summed E-state index contributed by atoms with van der Waals surface area (Å²) in [5, 5.41) is 6.60. The molecule has 1 aliphatic heterocycles. The van der Waals surface area contributed by atoms with Crippen LogP contribution < -0.4 is 15.5 Å². The summed E-state index contributed by atoms with van der Waals surface area (Å²) in [6.45, 7) is 12.7. The number of para-hydroxylation sites is 1. The van der Waals surface area contributed by atoms with Crippen LogP contribution in [-0.4, -0.2) is 62.7 Å². The quantitative estimate of drug-likeness (QED) is 0.275. The number of rotatable bonds is 7. The molecule has 148 valence electrons. The van der Waals surface area contributed by atoms with Crippen LogP contribution in [0.1, 0.15) is 27.2 Å². The third-order valence-corrected chi connectivity index (χ3v) is 4.24. The smallest absolute Gasteiger partial charge is 0.191 e. The predicted octanol–water partition coefficient (Wildman–Crippen LogP) is 2.92. The van der Waals surface area contributed by atoms with Crippen molar-refractivity contribution in [1.29, 1.82) is 0 Å². The Balaban J connectivity index is 0.00000338. The van der Waals surface area contributed by atoms with Crippen molar-refractivity contribution in [2.45, 2.75) is 33.2 Å². The highest BCUT2D eigenvalue weighted by atomic mass is 127. The number of hydrogen-bond donors (Lipinski definition) is 2. The molecule has 1 heterocycles. The van der Waals surface area contributed by atoms with E-state index in [9.17, 15) is 4.39 Å². The van der Waals surface area contributed by atoms with Gasteiger partial charge in [0.05, 0.1) is 5.69 Å². The van der Waals surface area contributed by atoms with Crippen LogP contribution in [0.3, 0.4) is 0 Å². The molecule has 1 fully saturated rings. The molecule has 2 N–H and O–H groups in total. The molecule has 1 aromatic rings. The molecule has 1 saturated heterocycles. The summed E-state index contributed by atoms with van der Waals surface area (Å²) < 4.78 is 13.9. The van der Waals surface area contributed by atoms with Crippen LogP contribution in [-0.2, 0) is 0 Å². The lowest BCUT2D eigenvalue weighted by atomic mass is 10.2. The minimum atomic E-state index is -0.126. The van der Waals surface area contributed by atoms with E-state index in [4.69, 9.17) is 0 Å². The Labute approximate surface area is 174 Å². The molecule has 0 radical (unpaired) electrons. The maximum atomic E-state index is 13.9. The summed E-state index contributed by atoms with van der Waals surface area (Å²) in [5.41, 5.74) is 0.724. The van der Waals surface area contributed by atoms with E-state index in [1.807, 2.05) is 12.1 Å². The standard InChI is InChI=1S/C19H32FN5.HI/c1-4-21-19(23-16(2)3)22-10-7-11-24-12-14-25(15-13-24)18-9-6-5-8-17(18)20;/h5-6,8-9,16H,4,7,10-15H2,1-3H3,(H2,21,22,23);1H. The molecule has 7 heteroatoms. The molecule has 0 aliphatic carbocycles. The van der Waals surface area contributed by atoms with E-state index in [0.717, 1.165) is 63.9 Å². The van der Waals surface area contributed by atoms with Gasteiger partial charge in [-0.2, -0.15) is 0 Å². The van der Waals surface area contributed by atoms with Crippen LogP contribution in [0, 0.1) is 5.82 Å². The van der Waals surface area contributed by atoms with E-state index in [1.54, 1.807) is 6.07 Å². The van der Waals surface area contributed by atoms with Gasteiger partial charge in [0.25, 0.3) is 0 Å². The second-order valence-corrected chi connectivity index (χ2v) is 6.69. The molecule has 0 unspecified atom stereocenters. The highest BCUT2D eigenvalue weighted by Gasteiger charge is 2.18. The van der Waals surface area contributed by atoms with Gasteiger partial charge in [0.15, 0.2) is 5.96 Å². The van der Waals surface area contributed by atoms with Crippen molar-refractivity contribution in [3.05, 3.63) is 30.1 Å². The molecular formula is C19H33FIN5. The van der Waals surface area contributed by atoms with E-state index in [1.165, 1.54) is 6.07 Å². The Hall–Kier alpha value is -1.09. The number of nitrogens with one attached hydrogen (secondary N) is 2. The molecule has 0 saturated carbocycles. The monoisotopic (exact) mass is 477 g/mol. The van der Waals surface area contributed by atoms with Gasteiger partial charge in [0.2, 0.25) is 0 Å². The Morgan fingerprint density at radius 3 is 2.50 bits per heavy atom. The second-order valence-electron chi connectivity index (χ2n) is 6.69. The van der Waals surface area contributed by atoms with Crippen molar-refractivity contribution in [2.75, 3.05) is 50.7 Å². The Morgan fingerprint density at radius 2 is 1.88 bits per heavy atom. The lowest BCUT2D eigenvalue weighted by Crippen LogP contribution is -2.47. The summed E-state index contributed by atoms with van der Waals surface area (Å²) in [6.07, 6.45) is 1.04. The second kappa shape index (κ2) is 12.3. The highest BCUT2D eigenvalue weighted by Crippen LogP contribution is 2.20. The molecule has 0 spiro atoms. The zero-order valence-electron chi connectivity index (χ0n) is 16.2. The summed E-state index contributed by atoms with van der Waals surface area (Å²) in [5.74, 6) is 0.765. The van der Waals surface area contributed by atoms with E-state index in [0.29, 0.717) is 6.04 Å². The van der Waals surface area contributed by atoms with Crippen molar-refractivity contribution < 1.29 is 4.39 Å². The van der Waals surface area contributed by atoms with Gasteiger partial charge >= 0.3 is 0 Å². The minimum Gasteiger partial charge on any atom is -0.367 e. The zero-order valence-corrected chi connectivity index (χ0v) is 18.5. The molecular weight excluding hydrogens is 444 g/mol. The van der Waals surface area contributed by atoms with Crippen LogP contribution in [0.5, 0.6) is 0 Å². The van der Waals surface area contributed by atoms with E-state index < -0.39 is 0 Å². The first-order valence-electron chi connectivity index (χ1n) is 9.36. The van der Waals surface area contributed by atoms with Crippen LogP contribution in [0.4, 0.5) is 10.1 Å². The molecule has 2 rings (SSSR count). The average molecular weight is 477 g/mol. The number of guanidine groups is 1. The minimum absolute atomic E-state index is 0.